The molecule has 0 radical (unpaired) electrons. The van der Waals surface area contributed by atoms with Gasteiger partial charge in [0.15, 0.2) is 5.79 Å². The zero-order valence-corrected chi connectivity index (χ0v) is 20.3. The third kappa shape index (κ3) is 3.14. The van der Waals surface area contributed by atoms with Crippen molar-refractivity contribution in [1.82, 2.24) is 14.5 Å². The van der Waals surface area contributed by atoms with Gasteiger partial charge in [0.05, 0.1) is 22.7 Å². The van der Waals surface area contributed by atoms with Gasteiger partial charge < -0.3 is 19.8 Å². The van der Waals surface area contributed by atoms with E-state index in [0.717, 1.165) is 35.9 Å². The zero-order valence-electron chi connectivity index (χ0n) is 19.5. The van der Waals surface area contributed by atoms with Crippen LogP contribution in [0.25, 0.3) is 21.9 Å². The Kier molecular flexibility index (Phi) is 4.40. The van der Waals surface area contributed by atoms with Gasteiger partial charge in [0, 0.05) is 28.6 Å². The van der Waals surface area contributed by atoms with Crippen LogP contribution in [0.3, 0.4) is 0 Å². The number of ether oxygens (including phenoxy) is 2. The third-order valence-corrected chi connectivity index (χ3v) is 8.53. The van der Waals surface area contributed by atoms with Crippen LogP contribution in [0.1, 0.15) is 38.3 Å². The molecule has 3 aliphatic rings. The maximum Gasteiger partial charge on any atom is 0.163 e. The molecule has 2 N–H and O–H groups in total. The first-order chi connectivity index (χ1) is 16.8. The maximum absolute atomic E-state index is 14.9. The predicted molar refractivity (Wildman–Crippen MR) is 133 cm³/mol. The molecule has 7 rings (SSSR count). The number of nitrogens with two attached hydrogens (primary N) is 1. The number of hydrogen-bond donors (Lipinski definition) is 1. The van der Waals surface area contributed by atoms with E-state index in [1.807, 2.05) is 32.2 Å². The number of fused-ring (bicyclic) bond motifs is 5. The van der Waals surface area contributed by atoms with E-state index in [4.69, 9.17) is 26.8 Å². The maximum atomic E-state index is 14.9. The molecule has 2 aliphatic carbocycles. The fourth-order valence-corrected chi connectivity index (χ4v) is 6.81. The van der Waals surface area contributed by atoms with Crippen molar-refractivity contribution in [2.45, 2.75) is 57.1 Å². The van der Waals surface area contributed by atoms with E-state index in [1.165, 1.54) is 0 Å². The quantitative estimate of drug-likeness (QED) is 0.397. The number of nitrogens with zero attached hydrogens (tertiary/aromatic N) is 3. The first-order valence-corrected chi connectivity index (χ1v) is 12.4. The molecule has 4 aromatic rings. The van der Waals surface area contributed by atoms with Crippen molar-refractivity contribution in [2.24, 2.45) is 11.3 Å². The van der Waals surface area contributed by atoms with E-state index >= 15 is 0 Å². The van der Waals surface area contributed by atoms with E-state index < -0.39 is 5.79 Å². The van der Waals surface area contributed by atoms with Gasteiger partial charge in [-0.05, 0) is 81.0 Å². The van der Waals surface area contributed by atoms with E-state index in [2.05, 4.69) is 32.9 Å². The molecule has 35 heavy (non-hydrogen) atoms. The van der Waals surface area contributed by atoms with E-state index in [-0.39, 0.29) is 40.3 Å². The second kappa shape index (κ2) is 7.15. The zero-order chi connectivity index (χ0) is 24.1. The molecule has 0 unspecified atom stereocenters. The van der Waals surface area contributed by atoms with Crippen LogP contribution in [0.15, 0.2) is 48.8 Å². The van der Waals surface area contributed by atoms with Gasteiger partial charge in [0.25, 0.3) is 0 Å². The second-order valence-electron chi connectivity index (χ2n) is 10.7. The lowest BCUT2D eigenvalue weighted by molar-refractivity contribution is -0.161. The molecule has 2 saturated carbocycles. The van der Waals surface area contributed by atoms with Crippen molar-refractivity contribution in [2.75, 3.05) is 5.73 Å². The summed E-state index contributed by atoms with van der Waals surface area (Å²) in [5, 5.41) is 1.77. The monoisotopic (exact) mass is 492 g/mol. The topological polar surface area (TPSA) is 75.2 Å². The molecule has 3 fully saturated rings. The summed E-state index contributed by atoms with van der Waals surface area (Å²) in [4.78, 5) is 8.96. The van der Waals surface area contributed by atoms with Crippen molar-refractivity contribution in [3.05, 3.63) is 65.2 Å². The highest BCUT2D eigenvalue weighted by Crippen LogP contribution is 2.73. The lowest BCUT2D eigenvalue weighted by atomic mass is 9.91. The number of pyridine rings is 2. The van der Waals surface area contributed by atoms with Crippen LogP contribution < -0.4 is 5.73 Å². The summed E-state index contributed by atoms with van der Waals surface area (Å²) >= 11 is 6.05. The number of hydrogen-bond acceptors (Lipinski definition) is 5. The molecule has 0 spiro atoms. The van der Waals surface area contributed by atoms with Gasteiger partial charge in [0.2, 0.25) is 0 Å². The highest BCUT2D eigenvalue weighted by atomic mass is 35.5. The predicted octanol–water partition coefficient (Wildman–Crippen LogP) is 5.67. The van der Waals surface area contributed by atoms with Crippen molar-refractivity contribution in [3.63, 3.8) is 0 Å². The standard InChI is InChI=1S/C27H26ClFN4O2/c1-26(2)34-22-21(33-9-6-15-4-3-8-31-25(15)33)17-13-27(17,23(22)35-26)7-5-14-10-19(29)16-12-18(28)24(30)32-20(16)11-14/h3-4,6,8-12,17,21-23H,5,7,13H2,1-2H3,(H2,30,32)/t17-,21-,22+,23+,27-/m1/s1. The average Bonchev–Trinajstić information content (AvgIpc) is 3.08. The fourth-order valence-electron chi connectivity index (χ4n) is 6.66. The fraction of sp³-hybridized carbons (Fsp3) is 0.407. The molecule has 4 heterocycles. The van der Waals surface area contributed by atoms with Crippen LogP contribution in [-0.2, 0) is 15.9 Å². The van der Waals surface area contributed by atoms with Crippen molar-refractivity contribution in [3.8, 4) is 0 Å². The van der Waals surface area contributed by atoms with Gasteiger partial charge in [-0.15, -0.1) is 0 Å². The Morgan fingerprint density at radius 2 is 2.09 bits per heavy atom. The number of benzene rings is 1. The lowest BCUT2D eigenvalue weighted by Gasteiger charge is -2.24. The second-order valence-corrected chi connectivity index (χ2v) is 11.1. The summed E-state index contributed by atoms with van der Waals surface area (Å²) < 4.78 is 30.1. The lowest BCUT2D eigenvalue weighted by Crippen LogP contribution is -2.32. The third-order valence-electron chi connectivity index (χ3n) is 8.22. The van der Waals surface area contributed by atoms with Crippen LogP contribution in [-0.4, -0.2) is 32.5 Å². The number of aryl methyl sites for hydroxylation is 1. The molecule has 1 saturated heterocycles. The number of aromatic nitrogens is 3. The van der Waals surface area contributed by atoms with E-state index in [9.17, 15) is 4.39 Å². The van der Waals surface area contributed by atoms with Crippen LogP contribution in [0.2, 0.25) is 5.02 Å². The Bertz CT molecular complexity index is 1500. The molecular formula is C27H26ClFN4O2. The number of anilines is 1. The largest absolute Gasteiger partial charge is 0.382 e. The van der Waals surface area contributed by atoms with Gasteiger partial charge in [-0.25, -0.2) is 14.4 Å². The minimum Gasteiger partial charge on any atom is -0.382 e. The highest BCUT2D eigenvalue weighted by molar-refractivity contribution is 6.33. The Hall–Kier alpha value is -2.74. The first-order valence-electron chi connectivity index (χ1n) is 12.1. The van der Waals surface area contributed by atoms with Crippen LogP contribution in [0.5, 0.6) is 0 Å². The van der Waals surface area contributed by atoms with Crippen LogP contribution >= 0.6 is 11.6 Å². The summed E-state index contributed by atoms with van der Waals surface area (Å²) in [6.45, 7) is 3.97. The van der Waals surface area contributed by atoms with E-state index in [1.54, 1.807) is 12.1 Å². The van der Waals surface area contributed by atoms with Gasteiger partial charge in [-0.1, -0.05) is 11.6 Å². The van der Waals surface area contributed by atoms with Crippen molar-refractivity contribution >= 4 is 39.4 Å². The molecule has 8 heteroatoms. The Morgan fingerprint density at radius 1 is 1.23 bits per heavy atom. The van der Waals surface area contributed by atoms with Gasteiger partial charge in [-0.3, -0.25) is 0 Å². The summed E-state index contributed by atoms with van der Waals surface area (Å²) in [6.07, 6.45) is 6.57. The molecule has 3 aromatic heterocycles. The SMILES string of the molecule is CC1(C)O[C@H]2[C@H](n3ccc4cccnc43)[C@H]3C[C@@]3(CCc3cc(F)c4cc(Cl)c(N)nc4c3)[C@H]2O1. The van der Waals surface area contributed by atoms with Crippen molar-refractivity contribution in [1.29, 1.82) is 0 Å². The summed E-state index contributed by atoms with van der Waals surface area (Å²) in [5.41, 5.74) is 8.27. The number of rotatable bonds is 4. The van der Waals surface area contributed by atoms with Gasteiger partial charge in [-0.2, -0.15) is 0 Å². The Labute approximate surface area is 207 Å². The molecule has 180 valence electrons. The highest BCUT2D eigenvalue weighted by Gasteiger charge is 2.75. The summed E-state index contributed by atoms with van der Waals surface area (Å²) in [5.74, 6) is -0.334. The molecule has 6 nitrogen and oxygen atoms in total. The molecular weight excluding hydrogens is 467 g/mol. The molecule has 0 bridgehead atoms. The van der Waals surface area contributed by atoms with Crippen LogP contribution in [0, 0.1) is 17.2 Å². The Morgan fingerprint density at radius 3 is 2.94 bits per heavy atom. The van der Waals surface area contributed by atoms with Crippen molar-refractivity contribution < 1.29 is 13.9 Å². The number of halogens is 2. The molecule has 1 aliphatic heterocycles. The minimum atomic E-state index is -0.639. The van der Waals surface area contributed by atoms with Gasteiger partial charge >= 0.3 is 0 Å². The average molecular weight is 493 g/mol. The first kappa shape index (κ1) is 21.5. The molecule has 0 amide bonds. The van der Waals surface area contributed by atoms with Gasteiger partial charge in [0.1, 0.15) is 23.4 Å². The minimum absolute atomic E-state index is 0.00758. The van der Waals surface area contributed by atoms with E-state index in [0.29, 0.717) is 16.8 Å². The summed E-state index contributed by atoms with van der Waals surface area (Å²) in [6, 6.07) is 11.4. The summed E-state index contributed by atoms with van der Waals surface area (Å²) in [7, 11) is 0. The number of nitrogen functional groups attached to an aromatic ring is 1. The molecule has 5 atom stereocenters. The molecule has 1 aromatic carbocycles. The van der Waals surface area contributed by atoms with Crippen LogP contribution in [0.4, 0.5) is 10.2 Å². The normalized spacial score (nSPS) is 30.6. The smallest absolute Gasteiger partial charge is 0.163 e. The Balaban J connectivity index is 1.22.